The lowest BCUT2D eigenvalue weighted by Crippen LogP contribution is -2.34. The quantitative estimate of drug-likeness (QED) is 0.0806. The zero-order chi connectivity index (χ0) is 27.5. The molecule has 0 spiro atoms. The van der Waals surface area contributed by atoms with Gasteiger partial charge >= 0.3 is 0 Å². The Morgan fingerprint density at radius 3 is 2.33 bits per heavy atom. The molecule has 1 heterocycles. The highest BCUT2D eigenvalue weighted by Crippen LogP contribution is 2.29. The van der Waals surface area contributed by atoms with Gasteiger partial charge in [-0.1, -0.05) is 66.7 Å². The van der Waals surface area contributed by atoms with Crippen LogP contribution in [0.5, 0.6) is 5.75 Å². The molecular formula is C31H32N2O5S. The van der Waals surface area contributed by atoms with Crippen molar-refractivity contribution in [1.29, 1.82) is 0 Å². The topological polar surface area (TPSA) is 99.1 Å². The Kier molecular flexibility index (Phi) is 10.2. The van der Waals surface area contributed by atoms with Gasteiger partial charge in [0, 0.05) is 28.0 Å². The maximum Gasteiger partial charge on any atom is 0.256 e. The zero-order valence-corrected chi connectivity index (χ0v) is 22.3. The van der Waals surface area contributed by atoms with Crippen LogP contribution in [0.2, 0.25) is 0 Å². The van der Waals surface area contributed by atoms with E-state index in [1.807, 2.05) is 72.1 Å². The SMILES string of the molecule is O=C(CCCCCOc1ccccc1CN(C(=O)c1ccc(-c2cccs2)cc1)C(O)c1ccccc1)NO. The number of nitrogens with one attached hydrogen (secondary N) is 1. The van der Waals surface area contributed by atoms with E-state index in [0.717, 1.165) is 28.8 Å². The smallest absolute Gasteiger partial charge is 0.256 e. The number of hydrogen-bond acceptors (Lipinski definition) is 6. The number of rotatable bonds is 13. The van der Waals surface area contributed by atoms with Crippen molar-refractivity contribution in [3.05, 3.63) is 113 Å². The average molecular weight is 545 g/mol. The molecule has 8 heteroatoms. The van der Waals surface area contributed by atoms with Crippen molar-refractivity contribution in [3.63, 3.8) is 0 Å². The largest absolute Gasteiger partial charge is 0.493 e. The summed E-state index contributed by atoms with van der Waals surface area (Å²) in [5.41, 5.74) is 4.54. The van der Waals surface area contributed by atoms with Gasteiger partial charge in [-0.3, -0.25) is 14.8 Å². The number of hydrogen-bond donors (Lipinski definition) is 3. The number of thiophene rings is 1. The summed E-state index contributed by atoms with van der Waals surface area (Å²) in [5.74, 6) is -0.0538. The van der Waals surface area contributed by atoms with E-state index in [-0.39, 0.29) is 18.9 Å². The minimum Gasteiger partial charge on any atom is -0.493 e. The lowest BCUT2D eigenvalue weighted by atomic mass is 10.1. The Hall–Kier alpha value is -3.98. The van der Waals surface area contributed by atoms with Crippen LogP contribution in [-0.2, 0) is 11.3 Å². The zero-order valence-electron chi connectivity index (χ0n) is 21.5. The van der Waals surface area contributed by atoms with E-state index < -0.39 is 12.1 Å². The van der Waals surface area contributed by atoms with E-state index in [2.05, 4.69) is 0 Å². The van der Waals surface area contributed by atoms with E-state index in [1.165, 1.54) is 4.90 Å². The molecule has 7 nitrogen and oxygen atoms in total. The third kappa shape index (κ3) is 7.77. The van der Waals surface area contributed by atoms with Gasteiger partial charge < -0.3 is 14.7 Å². The number of nitrogens with zero attached hydrogens (tertiary/aromatic N) is 1. The summed E-state index contributed by atoms with van der Waals surface area (Å²) in [6.07, 6.45) is 1.26. The van der Waals surface area contributed by atoms with Gasteiger partial charge in [0.1, 0.15) is 5.75 Å². The molecule has 0 aliphatic carbocycles. The number of aliphatic hydroxyl groups excluding tert-OH is 1. The van der Waals surface area contributed by atoms with Gasteiger partial charge in [0.2, 0.25) is 5.91 Å². The molecule has 39 heavy (non-hydrogen) atoms. The maximum absolute atomic E-state index is 13.8. The number of carbonyl (C=O) groups excluding carboxylic acids is 2. The number of ether oxygens (including phenoxy) is 1. The highest BCUT2D eigenvalue weighted by Gasteiger charge is 2.26. The van der Waals surface area contributed by atoms with Gasteiger partial charge in [-0.2, -0.15) is 0 Å². The van der Waals surface area contributed by atoms with Gasteiger partial charge in [0.25, 0.3) is 5.91 Å². The van der Waals surface area contributed by atoms with Crippen LogP contribution in [0.15, 0.2) is 96.4 Å². The Bertz CT molecular complexity index is 1330. The summed E-state index contributed by atoms with van der Waals surface area (Å²) in [6.45, 7) is 0.589. The predicted molar refractivity (Wildman–Crippen MR) is 151 cm³/mol. The van der Waals surface area contributed by atoms with Crippen LogP contribution < -0.4 is 10.2 Å². The summed E-state index contributed by atoms with van der Waals surface area (Å²) < 4.78 is 6.03. The number of hydroxylamine groups is 1. The second-order valence-electron chi connectivity index (χ2n) is 9.07. The molecule has 0 radical (unpaired) electrons. The first-order valence-electron chi connectivity index (χ1n) is 12.9. The van der Waals surface area contributed by atoms with Crippen LogP contribution in [0.1, 0.15) is 53.4 Å². The monoisotopic (exact) mass is 544 g/mol. The van der Waals surface area contributed by atoms with Crippen molar-refractivity contribution in [1.82, 2.24) is 10.4 Å². The molecule has 0 aliphatic rings. The first-order valence-corrected chi connectivity index (χ1v) is 13.8. The number of aliphatic hydroxyl groups is 1. The van der Waals surface area contributed by atoms with E-state index in [4.69, 9.17) is 9.94 Å². The molecule has 4 aromatic rings. The lowest BCUT2D eigenvalue weighted by Gasteiger charge is -2.29. The van der Waals surface area contributed by atoms with Gasteiger partial charge in [0.15, 0.2) is 6.23 Å². The molecule has 3 N–H and O–H groups in total. The van der Waals surface area contributed by atoms with Gasteiger partial charge in [-0.15, -0.1) is 11.3 Å². The number of benzene rings is 3. The minimum absolute atomic E-state index is 0.147. The molecule has 1 aromatic heterocycles. The Morgan fingerprint density at radius 1 is 0.872 bits per heavy atom. The van der Waals surface area contributed by atoms with E-state index >= 15 is 0 Å². The molecule has 0 aliphatic heterocycles. The Morgan fingerprint density at radius 2 is 1.62 bits per heavy atom. The Balaban J connectivity index is 1.50. The van der Waals surface area contributed by atoms with Crippen molar-refractivity contribution >= 4 is 23.2 Å². The summed E-state index contributed by atoms with van der Waals surface area (Å²) in [7, 11) is 0. The van der Waals surface area contributed by atoms with Crippen molar-refractivity contribution in [2.75, 3.05) is 6.61 Å². The normalized spacial score (nSPS) is 11.5. The van der Waals surface area contributed by atoms with E-state index in [0.29, 0.717) is 29.9 Å². The third-order valence-corrected chi connectivity index (χ3v) is 7.25. The molecule has 202 valence electrons. The Labute approximate surface area is 232 Å². The van der Waals surface area contributed by atoms with Crippen molar-refractivity contribution in [3.8, 4) is 16.2 Å². The molecule has 0 saturated carbocycles. The van der Waals surface area contributed by atoms with Crippen molar-refractivity contribution in [2.45, 2.75) is 38.5 Å². The molecule has 2 amide bonds. The maximum atomic E-state index is 13.8. The van der Waals surface area contributed by atoms with Gasteiger partial charge in [0.05, 0.1) is 13.2 Å². The second kappa shape index (κ2) is 14.2. The highest BCUT2D eigenvalue weighted by molar-refractivity contribution is 7.13. The van der Waals surface area contributed by atoms with Crippen LogP contribution in [0.4, 0.5) is 0 Å². The number of unbranched alkanes of at least 4 members (excludes halogenated alkanes) is 2. The van der Waals surface area contributed by atoms with Gasteiger partial charge in [-0.05, 0) is 54.5 Å². The summed E-state index contributed by atoms with van der Waals surface area (Å²) in [6, 6.07) is 28.1. The highest BCUT2D eigenvalue weighted by atomic mass is 32.1. The predicted octanol–water partition coefficient (Wildman–Crippen LogP) is 6.19. The van der Waals surface area contributed by atoms with Crippen LogP contribution in [0.3, 0.4) is 0 Å². The molecule has 4 rings (SSSR count). The molecule has 0 fully saturated rings. The van der Waals surface area contributed by atoms with Crippen molar-refractivity contribution < 1.29 is 24.6 Å². The number of amides is 2. The second-order valence-corrected chi connectivity index (χ2v) is 10.0. The molecule has 1 unspecified atom stereocenters. The molecule has 3 aromatic carbocycles. The number of carbonyl (C=O) groups is 2. The molecule has 1 atom stereocenters. The molecule has 0 bridgehead atoms. The number of para-hydroxylation sites is 1. The fourth-order valence-electron chi connectivity index (χ4n) is 4.22. The average Bonchev–Trinajstić information content (AvgIpc) is 3.53. The summed E-state index contributed by atoms with van der Waals surface area (Å²) >= 11 is 1.64. The molecule has 0 saturated heterocycles. The van der Waals surface area contributed by atoms with Crippen LogP contribution in [0.25, 0.3) is 10.4 Å². The first kappa shape index (κ1) is 28.0. The van der Waals surface area contributed by atoms with Crippen LogP contribution in [-0.4, -0.2) is 33.6 Å². The standard InChI is InChI=1S/C31H32N2O5S/c34-29(32-37)15-5-2-8-20-38-27-13-7-6-12-26(27)22-33(30(35)24-10-3-1-4-11-24)31(36)25-18-16-23(17-19-25)28-14-9-21-39-28/h1,3-4,6-7,9-14,16-19,21,30,35,37H,2,5,8,15,20,22H2,(H,32,34). The summed E-state index contributed by atoms with van der Waals surface area (Å²) in [5, 5.41) is 21.9. The van der Waals surface area contributed by atoms with Crippen molar-refractivity contribution in [2.24, 2.45) is 0 Å². The third-order valence-electron chi connectivity index (χ3n) is 6.34. The van der Waals surface area contributed by atoms with E-state index in [9.17, 15) is 14.7 Å². The lowest BCUT2D eigenvalue weighted by molar-refractivity contribution is -0.129. The summed E-state index contributed by atoms with van der Waals surface area (Å²) in [4.78, 5) is 27.5. The van der Waals surface area contributed by atoms with E-state index in [1.54, 1.807) is 41.1 Å². The molecular weight excluding hydrogens is 512 g/mol. The van der Waals surface area contributed by atoms with Crippen LogP contribution >= 0.6 is 11.3 Å². The first-order chi connectivity index (χ1) is 19.1. The van der Waals surface area contributed by atoms with Gasteiger partial charge in [-0.25, -0.2) is 5.48 Å². The fraction of sp³-hybridized carbons (Fsp3) is 0.226. The van der Waals surface area contributed by atoms with Crippen LogP contribution in [0, 0.1) is 0 Å². The fourth-order valence-corrected chi connectivity index (χ4v) is 4.95. The minimum atomic E-state index is -1.15.